The fourth-order valence-electron chi connectivity index (χ4n) is 1.87. The van der Waals surface area contributed by atoms with Gasteiger partial charge in [0.15, 0.2) is 0 Å². The number of hydrogen-bond donors (Lipinski definition) is 1. The summed E-state index contributed by atoms with van der Waals surface area (Å²) in [6, 6.07) is 0.418. The van der Waals surface area contributed by atoms with Crippen molar-refractivity contribution in [3.8, 4) is 0 Å². The molecule has 0 saturated carbocycles. The molecule has 0 bridgehead atoms. The molecule has 0 aliphatic heterocycles. The molecular weight excluding hydrogens is 216 g/mol. The van der Waals surface area contributed by atoms with Crippen molar-refractivity contribution in [3.63, 3.8) is 0 Å². The van der Waals surface area contributed by atoms with Crippen LogP contribution in [0.4, 0.5) is 0 Å². The molecule has 0 radical (unpaired) electrons. The average Bonchev–Trinajstić information content (AvgIpc) is 2.77. The Labute approximate surface area is 104 Å². The van der Waals surface area contributed by atoms with Crippen molar-refractivity contribution in [2.75, 3.05) is 19.8 Å². The van der Waals surface area contributed by atoms with Crippen LogP contribution in [0.2, 0.25) is 0 Å². The summed E-state index contributed by atoms with van der Waals surface area (Å²) in [5.41, 5.74) is 0. The fraction of sp³-hybridized carbons (Fsp3) is 0.833. The van der Waals surface area contributed by atoms with Gasteiger partial charge in [-0.3, -0.25) is 4.68 Å². The quantitative estimate of drug-likeness (QED) is 0.660. The number of aryl methyl sites for hydroxylation is 1. The van der Waals surface area contributed by atoms with Gasteiger partial charge in [-0.15, -0.1) is 0 Å². The van der Waals surface area contributed by atoms with Gasteiger partial charge in [0, 0.05) is 32.2 Å². The maximum Gasteiger partial charge on any atom is 0.138 e. The summed E-state index contributed by atoms with van der Waals surface area (Å²) in [6.07, 6.45) is 3.55. The molecule has 1 aromatic rings. The summed E-state index contributed by atoms with van der Waals surface area (Å²) in [5, 5.41) is 7.66. The van der Waals surface area contributed by atoms with Crippen molar-refractivity contribution < 1.29 is 4.74 Å². The second kappa shape index (κ2) is 8.20. The number of hydrogen-bond acceptors (Lipinski definition) is 4. The van der Waals surface area contributed by atoms with E-state index in [-0.39, 0.29) is 0 Å². The third kappa shape index (κ3) is 4.83. The summed E-state index contributed by atoms with van der Waals surface area (Å²) >= 11 is 0. The molecule has 1 rings (SSSR count). The summed E-state index contributed by atoms with van der Waals surface area (Å²) in [5.74, 6) is 1.05. The van der Waals surface area contributed by atoms with E-state index < -0.39 is 0 Å². The Bertz CT molecular complexity index is 300. The summed E-state index contributed by atoms with van der Waals surface area (Å²) in [6.45, 7) is 9.66. The summed E-state index contributed by atoms with van der Waals surface area (Å²) < 4.78 is 7.35. The van der Waals surface area contributed by atoms with Gasteiger partial charge in [0.2, 0.25) is 0 Å². The Morgan fingerprint density at radius 2 is 2.24 bits per heavy atom. The average molecular weight is 240 g/mol. The Hall–Kier alpha value is -0.940. The van der Waals surface area contributed by atoms with Crippen molar-refractivity contribution in [1.82, 2.24) is 20.1 Å². The van der Waals surface area contributed by atoms with E-state index in [0.717, 1.165) is 45.0 Å². The predicted octanol–water partition coefficient (Wildman–Crippen LogP) is 1.25. The maximum atomic E-state index is 5.40. The van der Waals surface area contributed by atoms with Gasteiger partial charge in [-0.05, 0) is 26.8 Å². The number of ether oxygens (including phenoxy) is 1. The van der Waals surface area contributed by atoms with Crippen LogP contribution in [0.25, 0.3) is 0 Å². The molecule has 0 amide bonds. The Morgan fingerprint density at radius 1 is 1.41 bits per heavy atom. The Kier molecular flexibility index (Phi) is 6.81. The molecule has 0 aliphatic rings. The van der Waals surface area contributed by atoms with E-state index in [1.54, 1.807) is 6.33 Å². The molecular formula is C12H24N4O. The van der Waals surface area contributed by atoms with Crippen LogP contribution < -0.4 is 5.32 Å². The number of rotatable bonds is 9. The SMILES string of the molecule is CCNC(CCOCC)Cc1ncnn1CC. The smallest absolute Gasteiger partial charge is 0.138 e. The van der Waals surface area contributed by atoms with Crippen molar-refractivity contribution in [1.29, 1.82) is 0 Å². The second-order valence-corrected chi connectivity index (χ2v) is 3.94. The third-order valence-electron chi connectivity index (χ3n) is 2.73. The van der Waals surface area contributed by atoms with E-state index in [2.05, 4.69) is 29.2 Å². The molecule has 1 aromatic heterocycles. The molecule has 5 heteroatoms. The highest BCUT2D eigenvalue weighted by molar-refractivity contribution is 4.89. The van der Waals surface area contributed by atoms with Crippen molar-refractivity contribution in [3.05, 3.63) is 12.2 Å². The lowest BCUT2D eigenvalue weighted by Crippen LogP contribution is -2.33. The fourth-order valence-corrected chi connectivity index (χ4v) is 1.87. The monoisotopic (exact) mass is 240 g/mol. The molecule has 1 unspecified atom stereocenters. The zero-order valence-electron chi connectivity index (χ0n) is 11.1. The van der Waals surface area contributed by atoms with Gasteiger partial charge in [0.25, 0.3) is 0 Å². The second-order valence-electron chi connectivity index (χ2n) is 3.94. The minimum absolute atomic E-state index is 0.418. The number of aromatic nitrogens is 3. The van der Waals surface area contributed by atoms with E-state index in [1.807, 2.05) is 11.6 Å². The van der Waals surface area contributed by atoms with E-state index in [4.69, 9.17) is 4.74 Å². The van der Waals surface area contributed by atoms with Crippen LogP contribution >= 0.6 is 0 Å². The molecule has 0 fully saturated rings. The van der Waals surface area contributed by atoms with E-state index in [9.17, 15) is 0 Å². The largest absolute Gasteiger partial charge is 0.382 e. The Morgan fingerprint density at radius 3 is 2.88 bits per heavy atom. The molecule has 0 spiro atoms. The topological polar surface area (TPSA) is 52.0 Å². The molecule has 0 saturated heterocycles. The number of likely N-dealkylation sites (N-methyl/N-ethyl adjacent to an activating group) is 1. The van der Waals surface area contributed by atoms with Gasteiger partial charge in [0.05, 0.1) is 0 Å². The van der Waals surface area contributed by atoms with Gasteiger partial charge in [-0.2, -0.15) is 5.10 Å². The zero-order chi connectivity index (χ0) is 12.5. The van der Waals surface area contributed by atoms with E-state index >= 15 is 0 Å². The molecule has 1 atom stereocenters. The number of nitrogens with zero attached hydrogens (tertiary/aromatic N) is 3. The highest BCUT2D eigenvalue weighted by Gasteiger charge is 2.12. The minimum Gasteiger partial charge on any atom is -0.382 e. The van der Waals surface area contributed by atoms with Crippen LogP contribution in [0.5, 0.6) is 0 Å². The first-order valence-corrected chi connectivity index (χ1v) is 6.49. The van der Waals surface area contributed by atoms with Crippen LogP contribution in [0, 0.1) is 0 Å². The van der Waals surface area contributed by atoms with Crippen LogP contribution in [0.3, 0.4) is 0 Å². The lowest BCUT2D eigenvalue weighted by atomic mass is 10.1. The summed E-state index contributed by atoms with van der Waals surface area (Å²) in [4.78, 5) is 4.31. The molecule has 1 heterocycles. The van der Waals surface area contributed by atoms with Crippen LogP contribution in [-0.2, 0) is 17.7 Å². The Balaban J connectivity index is 2.47. The first kappa shape index (κ1) is 14.1. The van der Waals surface area contributed by atoms with E-state index in [1.165, 1.54) is 0 Å². The van der Waals surface area contributed by atoms with E-state index in [0.29, 0.717) is 6.04 Å². The van der Waals surface area contributed by atoms with Crippen molar-refractivity contribution >= 4 is 0 Å². The van der Waals surface area contributed by atoms with Gasteiger partial charge in [0.1, 0.15) is 12.2 Å². The van der Waals surface area contributed by atoms with Gasteiger partial charge in [-0.1, -0.05) is 6.92 Å². The molecule has 1 N–H and O–H groups in total. The first-order valence-electron chi connectivity index (χ1n) is 6.49. The van der Waals surface area contributed by atoms with Crippen LogP contribution in [0.1, 0.15) is 33.0 Å². The van der Waals surface area contributed by atoms with Crippen LogP contribution in [0.15, 0.2) is 6.33 Å². The van der Waals surface area contributed by atoms with Gasteiger partial charge in [-0.25, -0.2) is 4.98 Å². The molecule has 5 nitrogen and oxygen atoms in total. The summed E-state index contributed by atoms with van der Waals surface area (Å²) in [7, 11) is 0. The lowest BCUT2D eigenvalue weighted by Gasteiger charge is -2.17. The lowest BCUT2D eigenvalue weighted by molar-refractivity contribution is 0.136. The standard InChI is InChI=1S/C12H24N4O/c1-4-13-11(7-8-17-6-3)9-12-14-10-15-16(12)5-2/h10-11,13H,4-9H2,1-3H3. The normalized spacial score (nSPS) is 12.9. The molecule has 98 valence electrons. The highest BCUT2D eigenvalue weighted by atomic mass is 16.5. The zero-order valence-corrected chi connectivity index (χ0v) is 11.1. The molecule has 17 heavy (non-hydrogen) atoms. The molecule has 0 aromatic carbocycles. The van der Waals surface area contributed by atoms with Crippen LogP contribution in [-0.4, -0.2) is 40.6 Å². The van der Waals surface area contributed by atoms with Gasteiger partial charge >= 0.3 is 0 Å². The first-order chi connectivity index (χ1) is 8.31. The third-order valence-corrected chi connectivity index (χ3v) is 2.73. The highest BCUT2D eigenvalue weighted by Crippen LogP contribution is 2.03. The van der Waals surface area contributed by atoms with Crippen molar-refractivity contribution in [2.24, 2.45) is 0 Å². The number of nitrogens with one attached hydrogen (secondary N) is 1. The molecule has 0 aliphatic carbocycles. The minimum atomic E-state index is 0.418. The van der Waals surface area contributed by atoms with Crippen molar-refractivity contribution in [2.45, 2.75) is 46.2 Å². The van der Waals surface area contributed by atoms with Gasteiger partial charge < -0.3 is 10.1 Å². The predicted molar refractivity (Wildman–Crippen MR) is 68.0 cm³/mol. The maximum absolute atomic E-state index is 5.40.